The number of benzene rings is 1. The van der Waals surface area contributed by atoms with Crippen LogP contribution in [0, 0.1) is 12.7 Å². The van der Waals surface area contributed by atoms with Crippen LogP contribution in [-0.2, 0) is 6.42 Å². The highest BCUT2D eigenvalue weighted by molar-refractivity contribution is 5.29. The Bertz CT molecular complexity index is 511. The topological polar surface area (TPSA) is 24.9 Å². The van der Waals surface area contributed by atoms with Crippen molar-refractivity contribution in [3.63, 3.8) is 0 Å². The fourth-order valence-electron chi connectivity index (χ4n) is 2.06. The zero-order valence-electron chi connectivity index (χ0n) is 10.7. The number of halogens is 1. The first-order chi connectivity index (χ1) is 8.72. The highest BCUT2D eigenvalue weighted by Gasteiger charge is 2.15. The van der Waals surface area contributed by atoms with Gasteiger partial charge in [-0.1, -0.05) is 18.2 Å². The Morgan fingerprint density at radius 2 is 1.94 bits per heavy atom. The van der Waals surface area contributed by atoms with E-state index in [2.05, 4.69) is 10.3 Å². The molecule has 0 aliphatic rings. The monoisotopic (exact) mass is 244 g/mol. The Balaban J connectivity index is 2.26. The lowest BCUT2D eigenvalue weighted by Gasteiger charge is -2.18. The van der Waals surface area contributed by atoms with Crippen molar-refractivity contribution in [1.82, 2.24) is 10.3 Å². The molecule has 0 aliphatic carbocycles. The number of nitrogens with zero attached hydrogens (tertiary/aromatic N) is 1. The van der Waals surface area contributed by atoms with E-state index in [0.717, 1.165) is 12.0 Å². The Hall–Kier alpha value is -1.74. The van der Waals surface area contributed by atoms with Gasteiger partial charge in [0, 0.05) is 24.0 Å². The van der Waals surface area contributed by atoms with Crippen LogP contribution in [0.2, 0.25) is 0 Å². The molecule has 0 amide bonds. The summed E-state index contributed by atoms with van der Waals surface area (Å²) in [6, 6.07) is 9.41. The van der Waals surface area contributed by atoms with Crippen LogP contribution in [0.25, 0.3) is 0 Å². The number of aryl methyl sites for hydroxylation is 1. The summed E-state index contributed by atoms with van der Waals surface area (Å²) in [4.78, 5) is 3.99. The molecule has 0 fully saturated rings. The summed E-state index contributed by atoms with van der Waals surface area (Å²) >= 11 is 0. The highest BCUT2D eigenvalue weighted by Crippen LogP contribution is 2.22. The summed E-state index contributed by atoms with van der Waals surface area (Å²) in [7, 11) is 1.85. The van der Waals surface area contributed by atoms with Crippen molar-refractivity contribution in [2.45, 2.75) is 19.4 Å². The SMILES string of the molecule is CNC(Cc1ccncc1)c1cccc(C)c1F. The van der Waals surface area contributed by atoms with Gasteiger partial charge < -0.3 is 5.32 Å². The molecule has 0 radical (unpaired) electrons. The molecule has 0 saturated carbocycles. The van der Waals surface area contributed by atoms with E-state index in [-0.39, 0.29) is 11.9 Å². The minimum atomic E-state index is -0.120. The van der Waals surface area contributed by atoms with Crippen molar-refractivity contribution in [1.29, 1.82) is 0 Å². The Morgan fingerprint density at radius 1 is 1.22 bits per heavy atom. The van der Waals surface area contributed by atoms with Gasteiger partial charge in [0.2, 0.25) is 0 Å². The molecule has 1 aromatic carbocycles. The summed E-state index contributed by atoms with van der Waals surface area (Å²) in [5.74, 6) is -0.120. The van der Waals surface area contributed by atoms with Crippen LogP contribution < -0.4 is 5.32 Å². The number of likely N-dealkylation sites (N-methyl/N-ethyl adjacent to an activating group) is 1. The third-order valence-corrected chi connectivity index (χ3v) is 3.13. The van der Waals surface area contributed by atoms with E-state index in [1.165, 1.54) is 0 Å². The molecule has 2 aromatic rings. The normalized spacial score (nSPS) is 12.4. The molecular weight excluding hydrogens is 227 g/mol. The lowest BCUT2D eigenvalue weighted by Crippen LogP contribution is -2.20. The lowest BCUT2D eigenvalue weighted by molar-refractivity contribution is 0.529. The summed E-state index contributed by atoms with van der Waals surface area (Å²) in [6.07, 6.45) is 4.27. The molecule has 1 heterocycles. The molecule has 2 nitrogen and oxygen atoms in total. The van der Waals surface area contributed by atoms with Gasteiger partial charge in [-0.2, -0.15) is 0 Å². The zero-order chi connectivity index (χ0) is 13.0. The number of hydrogen-bond donors (Lipinski definition) is 1. The summed E-state index contributed by atoms with van der Waals surface area (Å²) < 4.78 is 14.1. The van der Waals surface area contributed by atoms with Crippen LogP contribution in [0.1, 0.15) is 22.7 Å². The summed E-state index contributed by atoms with van der Waals surface area (Å²) in [6.45, 7) is 1.79. The van der Waals surface area contributed by atoms with Gasteiger partial charge in [0.15, 0.2) is 0 Å². The van der Waals surface area contributed by atoms with Crippen LogP contribution in [0.3, 0.4) is 0 Å². The third kappa shape index (κ3) is 2.74. The van der Waals surface area contributed by atoms with Gasteiger partial charge in [-0.25, -0.2) is 4.39 Å². The molecule has 0 spiro atoms. The standard InChI is InChI=1S/C15H17FN2/c1-11-4-3-5-13(15(11)16)14(17-2)10-12-6-8-18-9-7-12/h3-9,14,17H,10H2,1-2H3. The molecule has 0 saturated heterocycles. The average Bonchev–Trinajstić information content (AvgIpc) is 2.41. The predicted molar refractivity (Wildman–Crippen MR) is 70.9 cm³/mol. The van der Waals surface area contributed by atoms with Crippen LogP contribution in [-0.4, -0.2) is 12.0 Å². The molecular formula is C15H17FN2. The molecule has 18 heavy (non-hydrogen) atoms. The van der Waals surface area contributed by atoms with Crippen LogP contribution in [0.15, 0.2) is 42.7 Å². The van der Waals surface area contributed by atoms with E-state index in [1.54, 1.807) is 25.4 Å². The number of rotatable bonds is 4. The molecule has 1 aromatic heterocycles. The van der Waals surface area contributed by atoms with Crippen molar-refractivity contribution in [3.05, 3.63) is 65.2 Å². The number of hydrogen-bond acceptors (Lipinski definition) is 2. The fourth-order valence-corrected chi connectivity index (χ4v) is 2.06. The van der Waals surface area contributed by atoms with Gasteiger partial charge in [-0.15, -0.1) is 0 Å². The van der Waals surface area contributed by atoms with E-state index < -0.39 is 0 Å². The first-order valence-electron chi connectivity index (χ1n) is 6.03. The number of pyridine rings is 1. The van der Waals surface area contributed by atoms with Gasteiger partial charge in [0.05, 0.1) is 0 Å². The lowest BCUT2D eigenvalue weighted by atomic mass is 9.97. The second kappa shape index (κ2) is 5.74. The van der Waals surface area contributed by atoms with Crippen LogP contribution in [0.5, 0.6) is 0 Å². The molecule has 1 unspecified atom stereocenters. The average molecular weight is 244 g/mol. The Labute approximate surface area is 107 Å². The molecule has 94 valence electrons. The first kappa shape index (κ1) is 12.7. The van der Waals surface area contributed by atoms with Crippen molar-refractivity contribution in [2.24, 2.45) is 0 Å². The molecule has 1 N–H and O–H groups in total. The van der Waals surface area contributed by atoms with E-state index in [9.17, 15) is 4.39 Å². The smallest absolute Gasteiger partial charge is 0.130 e. The molecule has 3 heteroatoms. The van der Waals surface area contributed by atoms with Crippen LogP contribution in [0.4, 0.5) is 4.39 Å². The number of aromatic nitrogens is 1. The Morgan fingerprint density at radius 3 is 2.61 bits per heavy atom. The summed E-state index contributed by atoms with van der Waals surface area (Å²) in [5, 5.41) is 3.17. The van der Waals surface area contributed by atoms with Crippen molar-refractivity contribution in [3.8, 4) is 0 Å². The van der Waals surface area contributed by atoms with E-state index in [4.69, 9.17) is 0 Å². The minimum Gasteiger partial charge on any atom is -0.313 e. The number of nitrogens with one attached hydrogen (secondary N) is 1. The second-order valence-electron chi connectivity index (χ2n) is 4.38. The van der Waals surface area contributed by atoms with Gasteiger partial charge in [0.1, 0.15) is 5.82 Å². The van der Waals surface area contributed by atoms with E-state index in [1.807, 2.05) is 31.3 Å². The molecule has 2 rings (SSSR count). The zero-order valence-corrected chi connectivity index (χ0v) is 10.7. The fraction of sp³-hybridized carbons (Fsp3) is 0.267. The predicted octanol–water partition coefficient (Wildman–Crippen LogP) is 3.03. The molecule has 0 aliphatic heterocycles. The maximum absolute atomic E-state index is 14.1. The highest BCUT2D eigenvalue weighted by atomic mass is 19.1. The van der Waals surface area contributed by atoms with E-state index >= 15 is 0 Å². The molecule has 0 bridgehead atoms. The van der Waals surface area contributed by atoms with Gasteiger partial charge in [0.25, 0.3) is 0 Å². The summed E-state index contributed by atoms with van der Waals surface area (Å²) in [5.41, 5.74) is 2.54. The van der Waals surface area contributed by atoms with Gasteiger partial charge in [-0.05, 0) is 43.7 Å². The quantitative estimate of drug-likeness (QED) is 0.894. The maximum atomic E-state index is 14.1. The first-order valence-corrected chi connectivity index (χ1v) is 6.03. The molecule has 1 atom stereocenters. The maximum Gasteiger partial charge on any atom is 0.130 e. The van der Waals surface area contributed by atoms with Crippen LogP contribution >= 0.6 is 0 Å². The van der Waals surface area contributed by atoms with Gasteiger partial charge >= 0.3 is 0 Å². The van der Waals surface area contributed by atoms with E-state index in [0.29, 0.717) is 11.1 Å². The van der Waals surface area contributed by atoms with Crippen molar-refractivity contribution < 1.29 is 4.39 Å². The third-order valence-electron chi connectivity index (χ3n) is 3.13. The van der Waals surface area contributed by atoms with Crippen molar-refractivity contribution >= 4 is 0 Å². The Kier molecular flexibility index (Phi) is 4.05. The van der Waals surface area contributed by atoms with Gasteiger partial charge in [-0.3, -0.25) is 4.98 Å². The van der Waals surface area contributed by atoms with Crippen molar-refractivity contribution in [2.75, 3.05) is 7.05 Å². The minimum absolute atomic E-state index is 0.0210. The largest absolute Gasteiger partial charge is 0.313 e. The second-order valence-corrected chi connectivity index (χ2v) is 4.38.